The second-order valence-electron chi connectivity index (χ2n) is 0.990. The molecular formula is C7H14O4. The van der Waals surface area contributed by atoms with E-state index in [1.165, 1.54) is 0 Å². The zero-order valence-electron chi connectivity index (χ0n) is 6.36. The molecule has 4 nitrogen and oxygen atoms in total. The van der Waals surface area contributed by atoms with Crippen molar-refractivity contribution < 1.29 is 20.1 Å². The van der Waals surface area contributed by atoms with E-state index in [4.69, 9.17) is 15.3 Å². The summed E-state index contributed by atoms with van der Waals surface area (Å²) in [6.07, 6.45) is 0.833. The maximum absolute atomic E-state index is 9.25. The minimum absolute atomic E-state index is 0.125. The zero-order chi connectivity index (χ0) is 9.70. The minimum atomic E-state index is -0.981. The number of rotatable bonds is 2. The maximum atomic E-state index is 9.25. The first kappa shape index (κ1) is 16.5. The molecule has 0 fully saturated rings. The van der Waals surface area contributed by atoms with Gasteiger partial charge in [-0.15, -0.1) is 13.2 Å². The van der Waals surface area contributed by atoms with Gasteiger partial charge < -0.3 is 15.3 Å². The number of hydrogen-bond donors (Lipinski definition) is 3. The average Bonchev–Trinajstić information content (AvgIpc) is 2.08. The van der Waals surface area contributed by atoms with Crippen molar-refractivity contribution in [1.82, 2.24) is 0 Å². The van der Waals surface area contributed by atoms with Gasteiger partial charge in [-0.05, 0) is 0 Å². The van der Waals surface area contributed by atoms with Crippen molar-refractivity contribution in [2.75, 3.05) is 13.2 Å². The summed E-state index contributed by atoms with van der Waals surface area (Å²) >= 11 is 0. The van der Waals surface area contributed by atoms with Crippen LogP contribution in [0, 0.1) is 0 Å². The monoisotopic (exact) mass is 162 g/mol. The van der Waals surface area contributed by atoms with Crippen LogP contribution in [-0.4, -0.2) is 34.5 Å². The highest BCUT2D eigenvalue weighted by molar-refractivity contribution is 5.78. The minimum Gasteiger partial charge on any atom is -0.478 e. The molecule has 0 aromatic heterocycles. The molecule has 11 heavy (non-hydrogen) atoms. The summed E-state index contributed by atoms with van der Waals surface area (Å²) in [5.41, 5.74) is 0. The predicted octanol–water partition coefficient (Wildman–Crippen LogP) is 0.0302. The Bertz CT molecular complexity index is 88.4. The lowest BCUT2D eigenvalue weighted by Gasteiger charge is -1.70. The largest absolute Gasteiger partial charge is 0.478 e. The van der Waals surface area contributed by atoms with Crippen molar-refractivity contribution in [3.8, 4) is 0 Å². The van der Waals surface area contributed by atoms with Crippen molar-refractivity contribution in [1.29, 1.82) is 0 Å². The quantitative estimate of drug-likeness (QED) is 0.395. The Morgan fingerprint density at radius 2 is 1.45 bits per heavy atom. The summed E-state index contributed by atoms with van der Waals surface area (Å²) in [6, 6.07) is 0. The molecule has 66 valence electrons. The SMILES string of the molecule is C=C.C=CC(=O)O.OCCO. The van der Waals surface area contributed by atoms with Gasteiger partial charge in [-0.1, -0.05) is 6.58 Å². The summed E-state index contributed by atoms with van der Waals surface area (Å²) in [6.45, 7) is 8.71. The molecule has 0 aliphatic heterocycles. The first-order valence-electron chi connectivity index (χ1n) is 2.76. The zero-order valence-corrected chi connectivity index (χ0v) is 6.36. The number of aliphatic hydroxyl groups excluding tert-OH is 2. The third-order valence-corrected chi connectivity index (χ3v) is 0.275. The molecule has 3 N–H and O–H groups in total. The van der Waals surface area contributed by atoms with Crippen LogP contribution in [0.2, 0.25) is 0 Å². The molecule has 0 radical (unpaired) electrons. The summed E-state index contributed by atoms with van der Waals surface area (Å²) in [7, 11) is 0. The number of aliphatic carboxylic acids is 1. The second kappa shape index (κ2) is 23.2. The Hall–Kier alpha value is -1.13. The summed E-state index contributed by atoms with van der Waals surface area (Å²) in [4.78, 5) is 9.25. The molecule has 0 aliphatic carbocycles. The van der Waals surface area contributed by atoms with E-state index in [1.54, 1.807) is 0 Å². The lowest BCUT2D eigenvalue weighted by molar-refractivity contribution is -0.131. The standard InChI is InChI=1S/C3H4O2.C2H6O2.C2H4/c1-2-3(4)5;3-1-2-4;1-2/h2H,1H2,(H,4,5);3-4H,1-2H2;1-2H2. The normalized spacial score (nSPS) is 6.00. The molecule has 0 aliphatic rings. The van der Waals surface area contributed by atoms with Crippen LogP contribution < -0.4 is 0 Å². The van der Waals surface area contributed by atoms with Gasteiger partial charge in [-0.2, -0.15) is 0 Å². The van der Waals surface area contributed by atoms with Crippen molar-refractivity contribution in [3.05, 3.63) is 25.8 Å². The highest BCUT2D eigenvalue weighted by Gasteiger charge is 1.73. The summed E-state index contributed by atoms with van der Waals surface area (Å²) in [5, 5.41) is 22.9. The molecule has 0 aromatic rings. The van der Waals surface area contributed by atoms with Crippen LogP contribution in [-0.2, 0) is 4.79 Å². The van der Waals surface area contributed by atoms with Gasteiger partial charge in [0.1, 0.15) is 0 Å². The van der Waals surface area contributed by atoms with E-state index in [-0.39, 0.29) is 13.2 Å². The van der Waals surface area contributed by atoms with Crippen molar-refractivity contribution in [2.24, 2.45) is 0 Å². The number of carboxylic acid groups (broad SMARTS) is 1. The molecule has 0 heterocycles. The smallest absolute Gasteiger partial charge is 0.327 e. The van der Waals surface area contributed by atoms with E-state index < -0.39 is 5.97 Å². The van der Waals surface area contributed by atoms with E-state index in [0.29, 0.717) is 0 Å². The van der Waals surface area contributed by atoms with Crippen LogP contribution in [0.5, 0.6) is 0 Å². The van der Waals surface area contributed by atoms with Crippen molar-refractivity contribution in [2.45, 2.75) is 0 Å². The molecule has 4 heteroatoms. The Balaban J connectivity index is -0.0000000965. The van der Waals surface area contributed by atoms with Gasteiger partial charge in [0.15, 0.2) is 0 Å². The molecule has 0 atom stereocenters. The van der Waals surface area contributed by atoms with Crippen LogP contribution in [0.15, 0.2) is 25.8 Å². The third-order valence-electron chi connectivity index (χ3n) is 0.275. The highest BCUT2D eigenvalue weighted by Crippen LogP contribution is 1.54. The van der Waals surface area contributed by atoms with Gasteiger partial charge >= 0.3 is 5.97 Å². The van der Waals surface area contributed by atoms with E-state index in [1.807, 2.05) is 0 Å². The van der Waals surface area contributed by atoms with Gasteiger partial charge in [-0.25, -0.2) is 4.79 Å². The molecule has 0 bridgehead atoms. The van der Waals surface area contributed by atoms with Gasteiger partial charge in [0.25, 0.3) is 0 Å². The van der Waals surface area contributed by atoms with E-state index in [0.717, 1.165) is 6.08 Å². The molecular weight excluding hydrogens is 148 g/mol. The first-order valence-corrected chi connectivity index (χ1v) is 2.76. The third kappa shape index (κ3) is 120. The fourth-order valence-electron chi connectivity index (χ4n) is 0. The Labute approximate surface area is 66.1 Å². The number of carboxylic acids is 1. The van der Waals surface area contributed by atoms with Crippen molar-refractivity contribution >= 4 is 5.97 Å². The Morgan fingerprint density at radius 3 is 1.45 bits per heavy atom. The number of hydrogen-bond acceptors (Lipinski definition) is 3. The van der Waals surface area contributed by atoms with Crippen molar-refractivity contribution in [3.63, 3.8) is 0 Å². The van der Waals surface area contributed by atoms with E-state index in [2.05, 4.69) is 19.7 Å². The fraction of sp³-hybridized carbons (Fsp3) is 0.286. The average molecular weight is 162 g/mol. The van der Waals surface area contributed by atoms with Gasteiger partial charge in [0.05, 0.1) is 13.2 Å². The predicted molar refractivity (Wildman–Crippen MR) is 43.3 cm³/mol. The number of carbonyl (C=O) groups is 1. The molecule has 0 spiro atoms. The fourth-order valence-corrected chi connectivity index (χ4v) is 0. The summed E-state index contributed by atoms with van der Waals surface area (Å²) in [5.74, 6) is -0.981. The highest BCUT2D eigenvalue weighted by atomic mass is 16.4. The van der Waals surface area contributed by atoms with Crippen LogP contribution in [0.25, 0.3) is 0 Å². The molecule has 0 saturated heterocycles. The molecule has 0 amide bonds. The first-order chi connectivity index (χ1) is 5.18. The maximum Gasteiger partial charge on any atom is 0.327 e. The molecule has 0 aromatic carbocycles. The van der Waals surface area contributed by atoms with Crippen LogP contribution in [0.3, 0.4) is 0 Å². The number of aliphatic hydroxyl groups is 2. The topological polar surface area (TPSA) is 77.8 Å². The summed E-state index contributed by atoms with van der Waals surface area (Å²) < 4.78 is 0. The molecule has 0 rings (SSSR count). The lowest BCUT2D eigenvalue weighted by Crippen LogP contribution is -1.85. The van der Waals surface area contributed by atoms with Gasteiger partial charge in [-0.3, -0.25) is 0 Å². The van der Waals surface area contributed by atoms with E-state index >= 15 is 0 Å². The van der Waals surface area contributed by atoms with Gasteiger partial charge in [0, 0.05) is 6.08 Å². The second-order valence-corrected chi connectivity index (χ2v) is 0.990. The lowest BCUT2D eigenvalue weighted by atomic mass is 10.7. The van der Waals surface area contributed by atoms with Gasteiger partial charge in [0.2, 0.25) is 0 Å². The van der Waals surface area contributed by atoms with Crippen LogP contribution in [0.4, 0.5) is 0 Å². The van der Waals surface area contributed by atoms with E-state index in [9.17, 15) is 4.79 Å². The van der Waals surface area contributed by atoms with Crippen LogP contribution >= 0.6 is 0 Å². The Morgan fingerprint density at radius 1 is 1.27 bits per heavy atom. The Kier molecular flexibility index (Phi) is 34.6. The molecule has 0 unspecified atom stereocenters. The molecule has 0 saturated carbocycles. The van der Waals surface area contributed by atoms with Crippen LogP contribution in [0.1, 0.15) is 0 Å².